The van der Waals surface area contributed by atoms with E-state index in [-0.39, 0.29) is 31.4 Å². The van der Waals surface area contributed by atoms with Crippen molar-refractivity contribution in [1.29, 1.82) is 0 Å². The zero-order valence-corrected chi connectivity index (χ0v) is 14.8. The van der Waals surface area contributed by atoms with E-state index in [4.69, 9.17) is 9.47 Å². The molecule has 2 heterocycles. The summed E-state index contributed by atoms with van der Waals surface area (Å²) in [5.41, 5.74) is 0.185. The molecule has 144 valence electrons. The molecule has 1 fully saturated rings. The Morgan fingerprint density at radius 1 is 1.26 bits per heavy atom. The third-order valence-electron chi connectivity index (χ3n) is 4.35. The molecule has 0 aliphatic carbocycles. The van der Waals surface area contributed by atoms with E-state index in [1.54, 1.807) is 23.1 Å². The normalized spacial score (nSPS) is 14.2. The summed E-state index contributed by atoms with van der Waals surface area (Å²) in [5, 5.41) is 9.51. The highest BCUT2D eigenvalue weighted by molar-refractivity contribution is 5.76. The summed E-state index contributed by atoms with van der Waals surface area (Å²) in [4.78, 5) is 26.3. The quantitative estimate of drug-likeness (QED) is 0.811. The average Bonchev–Trinajstić information content (AvgIpc) is 2.69. The maximum absolute atomic E-state index is 13.7. The van der Waals surface area contributed by atoms with Crippen LogP contribution in [0.15, 0.2) is 41.3 Å². The first-order valence-corrected chi connectivity index (χ1v) is 8.64. The summed E-state index contributed by atoms with van der Waals surface area (Å²) in [6.07, 6.45) is 1.38. The van der Waals surface area contributed by atoms with Crippen molar-refractivity contribution in [2.45, 2.75) is 19.8 Å². The Hall–Kier alpha value is -2.71. The van der Waals surface area contributed by atoms with Crippen LogP contribution >= 0.6 is 0 Å². The fourth-order valence-electron chi connectivity index (χ4n) is 2.81. The van der Waals surface area contributed by atoms with E-state index in [0.717, 1.165) is 0 Å². The minimum absolute atomic E-state index is 0.00905. The van der Waals surface area contributed by atoms with E-state index in [9.17, 15) is 19.1 Å². The predicted molar refractivity (Wildman–Crippen MR) is 94.8 cm³/mol. The molecule has 1 saturated heterocycles. The fraction of sp³-hybridized carbons (Fsp3) is 0.368. The number of halogens is 1. The Morgan fingerprint density at radius 2 is 2.00 bits per heavy atom. The van der Waals surface area contributed by atoms with Gasteiger partial charge in [-0.2, -0.15) is 0 Å². The molecule has 1 amide bonds. The zero-order chi connectivity index (χ0) is 19.2. The highest BCUT2D eigenvalue weighted by atomic mass is 19.1. The second kappa shape index (κ2) is 8.79. The van der Waals surface area contributed by atoms with Crippen molar-refractivity contribution in [2.75, 3.05) is 26.3 Å². The number of amides is 1. The van der Waals surface area contributed by atoms with Crippen molar-refractivity contribution in [2.24, 2.45) is 0 Å². The van der Waals surface area contributed by atoms with Crippen molar-refractivity contribution in [3.05, 3.63) is 63.8 Å². The number of aromatic nitrogens is 1. The maximum atomic E-state index is 13.7. The van der Waals surface area contributed by atoms with Gasteiger partial charge in [-0.25, -0.2) is 4.39 Å². The van der Waals surface area contributed by atoms with E-state index < -0.39 is 11.2 Å². The number of aliphatic hydroxyl groups excluding tert-OH is 1. The van der Waals surface area contributed by atoms with Gasteiger partial charge in [0.15, 0.2) is 5.75 Å². The maximum Gasteiger partial charge on any atom is 0.242 e. The number of hydrogen-bond donors (Lipinski definition) is 1. The van der Waals surface area contributed by atoms with Crippen LogP contribution in [0.3, 0.4) is 0 Å². The Kier molecular flexibility index (Phi) is 6.20. The highest BCUT2D eigenvalue weighted by Crippen LogP contribution is 2.13. The summed E-state index contributed by atoms with van der Waals surface area (Å²) in [5.74, 6) is -0.575. The molecule has 0 unspecified atom stereocenters. The van der Waals surface area contributed by atoms with Gasteiger partial charge in [-0.1, -0.05) is 18.2 Å². The number of carbonyl (C=O) groups excluding carboxylic acids is 1. The first-order chi connectivity index (χ1) is 13.1. The molecule has 1 aromatic heterocycles. The van der Waals surface area contributed by atoms with Crippen molar-refractivity contribution >= 4 is 5.91 Å². The molecule has 2 aromatic rings. The van der Waals surface area contributed by atoms with Gasteiger partial charge in [0.25, 0.3) is 0 Å². The number of aliphatic hydroxyl groups is 1. The molecule has 0 saturated carbocycles. The summed E-state index contributed by atoms with van der Waals surface area (Å²) in [6, 6.07) is 7.35. The van der Waals surface area contributed by atoms with Gasteiger partial charge in [0.2, 0.25) is 11.3 Å². The van der Waals surface area contributed by atoms with Crippen LogP contribution in [0.25, 0.3) is 0 Å². The average molecular weight is 376 g/mol. The van der Waals surface area contributed by atoms with Gasteiger partial charge in [0.1, 0.15) is 19.0 Å². The van der Waals surface area contributed by atoms with Crippen LogP contribution in [-0.4, -0.2) is 46.8 Å². The van der Waals surface area contributed by atoms with Crippen LogP contribution in [0.4, 0.5) is 4.39 Å². The number of carbonyl (C=O) groups is 1. The molecule has 1 aromatic carbocycles. The molecule has 1 aliphatic heterocycles. The SMILES string of the molecule is O=C(Cn1cc(OCc2ccccc2F)c(=O)cc1CO)N1CCOCC1. The van der Waals surface area contributed by atoms with Crippen molar-refractivity contribution < 1.29 is 23.8 Å². The molecular formula is C19H21FN2O5. The third-order valence-corrected chi connectivity index (χ3v) is 4.35. The lowest BCUT2D eigenvalue weighted by molar-refractivity contribution is -0.135. The number of nitrogens with zero attached hydrogens (tertiary/aromatic N) is 2. The lowest BCUT2D eigenvalue weighted by Gasteiger charge is -2.27. The number of morpholine rings is 1. The van der Waals surface area contributed by atoms with E-state index >= 15 is 0 Å². The predicted octanol–water partition coefficient (Wildman–Crippen LogP) is 0.917. The van der Waals surface area contributed by atoms with E-state index in [1.807, 2.05) is 0 Å². The van der Waals surface area contributed by atoms with E-state index in [0.29, 0.717) is 37.6 Å². The van der Waals surface area contributed by atoms with Gasteiger partial charge >= 0.3 is 0 Å². The lowest BCUT2D eigenvalue weighted by atomic mass is 10.2. The number of benzene rings is 1. The van der Waals surface area contributed by atoms with Gasteiger partial charge in [-0.3, -0.25) is 9.59 Å². The number of ether oxygens (including phenoxy) is 2. The van der Waals surface area contributed by atoms with Crippen molar-refractivity contribution in [1.82, 2.24) is 9.47 Å². The second-order valence-electron chi connectivity index (χ2n) is 6.15. The van der Waals surface area contributed by atoms with E-state index in [1.165, 1.54) is 22.9 Å². The summed E-state index contributed by atoms with van der Waals surface area (Å²) >= 11 is 0. The van der Waals surface area contributed by atoms with Crippen LogP contribution in [0.1, 0.15) is 11.3 Å². The molecule has 0 bridgehead atoms. The molecule has 0 atom stereocenters. The second-order valence-corrected chi connectivity index (χ2v) is 6.15. The largest absolute Gasteiger partial charge is 0.483 e. The standard InChI is InChI=1S/C19H21FN2O5/c20-16-4-2-1-3-14(16)13-27-18-10-22(15(12-23)9-17(18)24)11-19(25)21-5-7-26-8-6-21/h1-4,9-10,23H,5-8,11-13H2. The smallest absolute Gasteiger partial charge is 0.242 e. The Bertz CT molecular complexity index is 861. The van der Waals surface area contributed by atoms with Gasteiger partial charge in [0.05, 0.1) is 26.0 Å². The minimum atomic E-state index is -0.439. The Morgan fingerprint density at radius 3 is 2.70 bits per heavy atom. The molecule has 0 radical (unpaired) electrons. The van der Waals surface area contributed by atoms with Crippen LogP contribution in [0.2, 0.25) is 0 Å². The van der Waals surface area contributed by atoms with Crippen LogP contribution in [-0.2, 0) is 29.3 Å². The van der Waals surface area contributed by atoms with Crippen molar-refractivity contribution in [3.63, 3.8) is 0 Å². The van der Waals surface area contributed by atoms with Crippen molar-refractivity contribution in [3.8, 4) is 5.75 Å². The molecule has 27 heavy (non-hydrogen) atoms. The summed E-state index contributed by atoms with van der Waals surface area (Å²) in [7, 11) is 0. The summed E-state index contributed by atoms with van der Waals surface area (Å²) in [6.45, 7) is 1.44. The molecule has 1 aliphatic rings. The first kappa shape index (κ1) is 19.1. The number of rotatable bonds is 6. The topological polar surface area (TPSA) is 81.0 Å². The first-order valence-electron chi connectivity index (χ1n) is 8.64. The molecule has 1 N–H and O–H groups in total. The van der Waals surface area contributed by atoms with Crippen LogP contribution in [0.5, 0.6) is 5.75 Å². The number of pyridine rings is 1. The van der Waals surface area contributed by atoms with Gasteiger partial charge in [-0.15, -0.1) is 0 Å². The van der Waals surface area contributed by atoms with E-state index in [2.05, 4.69) is 0 Å². The molecule has 0 spiro atoms. The molecule has 8 heteroatoms. The molecule has 3 rings (SSSR count). The zero-order valence-electron chi connectivity index (χ0n) is 14.8. The van der Waals surface area contributed by atoms with Gasteiger partial charge in [0, 0.05) is 30.4 Å². The third kappa shape index (κ3) is 4.72. The van der Waals surface area contributed by atoms with Gasteiger partial charge in [-0.05, 0) is 6.07 Å². The van der Waals surface area contributed by atoms with Crippen LogP contribution in [0, 0.1) is 5.82 Å². The lowest BCUT2D eigenvalue weighted by Crippen LogP contribution is -2.42. The molecular weight excluding hydrogens is 355 g/mol. The number of hydrogen-bond acceptors (Lipinski definition) is 5. The summed E-state index contributed by atoms with van der Waals surface area (Å²) < 4.78 is 25.9. The minimum Gasteiger partial charge on any atom is -0.483 e. The monoisotopic (exact) mass is 376 g/mol. The van der Waals surface area contributed by atoms with Gasteiger partial charge < -0.3 is 24.0 Å². The highest BCUT2D eigenvalue weighted by Gasteiger charge is 2.18. The van der Waals surface area contributed by atoms with Crippen LogP contribution < -0.4 is 10.2 Å². The molecule has 7 nitrogen and oxygen atoms in total. The fourth-order valence-corrected chi connectivity index (χ4v) is 2.81. The Labute approximate surface area is 155 Å². The Balaban J connectivity index is 1.77.